The summed E-state index contributed by atoms with van der Waals surface area (Å²) in [5, 5.41) is 17.0. The minimum absolute atomic E-state index is 0.0287. The first kappa shape index (κ1) is 10.2. The van der Waals surface area contributed by atoms with E-state index in [1.807, 2.05) is 0 Å². The van der Waals surface area contributed by atoms with Crippen molar-refractivity contribution < 1.29 is 19.4 Å². The fourth-order valence-corrected chi connectivity index (χ4v) is 0.928. The third kappa shape index (κ3) is 2.09. The van der Waals surface area contributed by atoms with Gasteiger partial charge < -0.3 is 10.2 Å². The van der Waals surface area contributed by atoms with E-state index in [0.717, 1.165) is 6.07 Å². The Hall–Kier alpha value is -1.86. The van der Waals surface area contributed by atoms with Crippen LogP contribution in [0.5, 0.6) is 0 Å². The summed E-state index contributed by atoms with van der Waals surface area (Å²) in [5.41, 5.74) is -0.450. The molecular weight excluding hydrogens is 187 g/mol. The quantitative estimate of drug-likeness (QED) is 0.652. The van der Waals surface area contributed by atoms with Gasteiger partial charge in [0.1, 0.15) is 6.61 Å². The number of benzene rings is 1. The maximum Gasteiger partial charge on any atom is 0.338 e. The lowest BCUT2D eigenvalue weighted by molar-refractivity contribution is 0.0692. The highest BCUT2D eigenvalue weighted by Gasteiger charge is 2.11. The van der Waals surface area contributed by atoms with Gasteiger partial charge >= 0.3 is 5.97 Å². The van der Waals surface area contributed by atoms with Crippen molar-refractivity contribution in [3.63, 3.8) is 0 Å². The minimum Gasteiger partial charge on any atom is -0.478 e. The first-order chi connectivity index (χ1) is 6.66. The molecule has 0 bridgehead atoms. The van der Waals surface area contributed by atoms with Crippen LogP contribution in [0.3, 0.4) is 0 Å². The van der Waals surface area contributed by atoms with Gasteiger partial charge in [0.2, 0.25) is 0 Å². The van der Waals surface area contributed by atoms with Crippen LogP contribution in [-0.4, -0.2) is 22.8 Å². The molecule has 1 rings (SSSR count). The van der Waals surface area contributed by atoms with Gasteiger partial charge in [0, 0.05) is 0 Å². The predicted octanol–water partition coefficient (Wildman–Crippen LogP) is 0.868. The number of hydrogen-bond acceptors (Lipinski definition) is 2. The molecule has 0 aliphatic rings. The molecule has 0 unspecified atom stereocenters. The Bertz CT molecular complexity index is 415. The number of aliphatic hydroxyl groups excluding tert-OH is 1. The zero-order chi connectivity index (χ0) is 10.6. The van der Waals surface area contributed by atoms with Crippen molar-refractivity contribution in [3.8, 4) is 11.8 Å². The SMILES string of the molecule is O=C(O)c1cccc(C#CCO)c1F. The molecule has 0 heterocycles. The van der Waals surface area contributed by atoms with Crippen molar-refractivity contribution >= 4 is 5.97 Å². The molecule has 14 heavy (non-hydrogen) atoms. The summed E-state index contributed by atoms with van der Waals surface area (Å²) in [6.45, 7) is -0.392. The van der Waals surface area contributed by atoms with Gasteiger partial charge in [-0.15, -0.1) is 0 Å². The maximum absolute atomic E-state index is 13.3. The molecule has 0 radical (unpaired) electrons. The highest BCUT2D eigenvalue weighted by atomic mass is 19.1. The average molecular weight is 194 g/mol. The van der Waals surface area contributed by atoms with Gasteiger partial charge in [-0.05, 0) is 12.1 Å². The summed E-state index contributed by atoms with van der Waals surface area (Å²) < 4.78 is 13.3. The lowest BCUT2D eigenvalue weighted by atomic mass is 10.1. The highest BCUT2D eigenvalue weighted by Crippen LogP contribution is 2.11. The topological polar surface area (TPSA) is 57.5 Å². The number of carboxylic acid groups (broad SMARTS) is 1. The van der Waals surface area contributed by atoms with E-state index < -0.39 is 24.0 Å². The third-order valence-electron chi connectivity index (χ3n) is 1.53. The molecule has 0 aliphatic heterocycles. The van der Waals surface area contributed by atoms with Crippen LogP contribution >= 0.6 is 0 Å². The van der Waals surface area contributed by atoms with E-state index in [4.69, 9.17) is 10.2 Å². The van der Waals surface area contributed by atoms with Crippen molar-refractivity contribution in [1.82, 2.24) is 0 Å². The third-order valence-corrected chi connectivity index (χ3v) is 1.53. The maximum atomic E-state index is 13.3. The zero-order valence-corrected chi connectivity index (χ0v) is 7.12. The van der Waals surface area contributed by atoms with E-state index in [9.17, 15) is 9.18 Å². The lowest BCUT2D eigenvalue weighted by Crippen LogP contribution is -2.01. The molecular formula is C10H7FO3. The van der Waals surface area contributed by atoms with E-state index in [-0.39, 0.29) is 5.56 Å². The van der Waals surface area contributed by atoms with Crippen LogP contribution < -0.4 is 0 Å². The van der Waals surface area contributed by atoms with Crippen LogP contribution in [0.25, 0.3) is 0 Å². The first-order valence-electron chi connectivity index (χ1n) is 3.78. The van der Waals surface area contributed by atoms with Crippen molar-refractivity contribution in [2.75, 3.05) is 6.61 Å². The van der Waals surface area contributed by atoms with E-state index in [1.54, 1.807) is 0 Å². The highest BCUT2D eigenvalue weighted by molar-refractivity contribution is 5.88. The van der Waals surface area contributed by atoms with Gasteiger partial charge in [-0.25, -0.2) is 9.18 Å². The molecule has 1 aromatic carbocycles. The average Bonchev–Trinajstić information content (AvgIpc) is 2.16. The molecule has 0 saturated heterocycles. The van der Waals surface area contributed by atoms with Gasteiger partial charge in [-0.1, -0.05) is 17.9 Å². The van der Waals surface area contributed by atoms with Crippen LogP contribution in [0.1, 0.15) is 15.9 Å². The standard InChI is InChI=1S/C10H7FO3/c11-9-7(4-2-6-12)3-1-5-8(9)10(13)14/h1,3,5,12H,6H2,(H,13,14). The van der Waals surface area contributed by atoms with Gasteiger partial charge in [0.05, 0.1) is 11.1 Å². The number of carboxylic acids is 1. The number of hydrogen-bond donors (Lipinski definition) is 2. The van der Waals surface area contributed by atoms with Crippen molar-refractivity contribution in [1.29, 1.82) is 0 Å². The Kier molecular flexibility index (Phi) is 3.21. The Morgan fingerprint density at radius 2 is 2.21 bits per heavy atom. The Morgan fingerprint density at radius 3 is 2.79 bits per heavy atom. The number of aliphatic hydroxyl groups is 1. The van der Waals surface area contributed by atoms with Gasteiger partial charge in [-0.3, -0.25) is 0 Å². The van der Waals surface area contributed by atoms with E-state index >= 15 is 0 Å². The molecule has 72 valence electrons. The van der Waals surface area contributed by atoms with Crippen LogP contribution in [0, 0.1) is 17.7 Å². The van der Waals surface area contributed by atoms with Crippen LogP contribution in [-0.2, 0) is 0 Å². The molecule has 0 saturated carbocycles. The molecule has 0 spiro atoms. The van der Waals surface area contributed by atoms with E-state index in [2.05, 4.69) is 11.8 Å². The van der Waals surface area contributed by atoms with Crippen LogP contribution in [0.4, 0.5) is 4.39 Å². The molecule has 0 atom stereocenters. The number of carbonyl (C=O) groups is 1. The molecule has 2 N–H and O–H groups in total. The first-order valence-corrected chi connectivity index (χ1v) is 3.78. The summed E-state index contributed by atoms with van der Waals surface area (Å²) in [6.07, 6.45) is 0. The summed E-state index contributed by atoms with van der Waals surface area (Å²) in [6, 6.07) is 3.90. The summed E-state index contributed by atoms with van der Waals surface area (Å²) in [5.74, 6) is 2.35. The number of rotatable bonds is 1. The van der Waals surface area contributed by atoms with Crippen LogP contribution in [0.2, 0.25) is 0 Å². The fraction of sp³-hybridized carbons (Fsp3) is 0.100. The summed E-state index contributed by atoms with van der Waals surface area (Å²) in [7, 11) is 0. The minimum atomic E-state index is -1.34. The second kappa shape index (κ2) is 4.40. The van der Waals surface area contributed by atoms with Crippen molar-refractivity contribution in [2.24, 2.45) is 0 Å². The molecule has 0 amide bonds. The lowest BCUT2D eigenvalue weighted by Gasteiger charge is -1.98. The predicted molar refractivity (Wildman–Crippen MR) is 47.3 cm³/mol. The van der Waals surface area contributed by atoms with Crippen molar-refractivity contribution in [3.05, 3.63) is 35.1 Å². The van der Waals surface area contributed by atoms with E-state index in [1.165, 1.54) is 12.1 Å². The zero-order valence-electron chi connectivity index (χ0n) is 7.12. The van der Waals surface area contributed by atoms with Gasteiger partial charge in [0.15, 0.2) is 5.82 Å². The summed E-state index contributed by atoms with van der Waals surface area (Å²) >= 11 is 0. The Morgan fingerprint density at radius 1 is 1.50 bits per heavy atom. The molecule has 0 aromatic heterocycles. The smallest absolute Gasteiger partial charge is 0.338 e. The number of halogens is 1. The fourth-order valence-electron chi connectivity index (χ4n) is 0.928. The molecule has 0 aliphatic carbocycles. The molecule has 4 heteroatoms. The summed E-state index contributed by atoms with van der Waals surface area (Å²) in [4.78, 5) is 10.5. The molecule has 0 fully saturated rings. The largest absolute Gasteiger partial charge is 0.478 e. The number of aromatic carboxylic acids is 1. The Balaban J connectivity index is 3.20. The molecule has 1 aromatic rings. The van der Waals surface area contributed by atoms with Gasteiger partial charge in [-0.2, -0.15) is 0 Å². The second-order valence-electron chi connectivity index (χ2n) is 2.43. The second-order valence-corrected chi connectivity index (χ2v) is 2.43. The van der Waals surface area contributed by atoms with Crippen LogP contribution in [0.15, 0.2) is 18.2 Å². The van der Waals surface area contributed by atoms with Crippen molar-refractivity contribution in [2.45, 2.75) is 0 Å². The van der Waals surface area contributed by atoms with Gasteiger partial charge in [0.25, 0.3) is 0 Å². The molecule has 3 nitrogen and oxygen atoms in total. The Labute approximate surface area is 79.8 Å². The normalized spacial score (nSPS) is 9.00. The van der Waals surface area contributed by atoms with E-state index in [0.29, 0.717) is 0 Å². The monoisotopic (exact) mass is 194 g/mol.